The van der Waals surface area contributed by atoms with Crippen molar-refractivity contribution in [1.82, 2.24) is 15.1 Å². The van der Waals surface area contributed by atoms with Crippen molar-refractivity contribution in [2.24, 2.45) is 0 Å². The van der Waals surface area contributed by atoms with Crippen molar-refractivity contribution in [3.05, 3.63) is 34.3 Å². The molecule has 0 aliphatic carbocycles. The van der Waals surface area contributed by atoms with Crippen LogP contribution in [0.25, 0.3) is 0 Å². The first-order valence-corrected chi connectivity index (χ1v) is 8.45. The number of rotatable bonds is 6. The van der Waals surface area contributed by atoms with Gasteiger partial charge in [0.25, 0.3) is 0 Å². The number of hydrogen-bond donors (Lipinski definition) is 2. The van der Waals surface area contributed by atoms with Gasteiger partial charge in [-0.15, -0.1) is 0 Å². The Morgan fingerprint density at radius 3 is 2.39 bits per heavy atom. The molecule has 1 heterocycles. The van der Waals surface area contributed by atoms with Gasteiger partial charge < -0.3 is 10.4 Å². The molecule has 2 rings (SSSR count). The number of aliphatic carboxylic acids is 1. The number of hydrogen-bond acceptors (Lipinski definition) is 4. The quantitative estimate of drug-likeness (QED) is 0.774. The third kappa shape index (κ3) is 5.60. The van der Waals surface area contributed by atoms with Gasteiger partial charge in [-0.2, -0.15) is 0 Å². The maximum absolute atomic E-state index is 11.7. The molecule has 0 spiro atoms. The van der Waals surface area contributed by atoms with Crippen molar-refractivity contribution in [3.8, 4) is 0 Å². The van der Waals surface area contributed by atoms with Crippen molar-refractivity contribution in [3.63, 3.8) is 0 Å². The number of amides is 1. The molecule has 0 bridgehead atoms. The van der Waals surface area contributed by atoms with Crippen LogP contribution in [0.3, 0.4) is 0 Å². The smallest absolute Gasteiger partial charge is 0.322 e. The maximum atomic E-state index is 11.7. The average molecular weight is 384 g/mol. The number of carbonyl (C=O) groups is 2. The summed E-state index contributed by atoms with van der Waals surface area (Å²) in [4.78, 5) is 26.5. The number of carboxylic acid groups (broad SMARTS) is 1. The molecule has 23 heavy (non-hydrogen) atoms. The summed E-state index contributed by atoms with van der Waals surface area (Å²) in [5, 5.41) is 10.9. The minimum atomic E-state index is -1.02. The molecule has 0 saturated carbocycles. The van der Waals surface area contributed by atoms with E-state index < -0.39 is 5.97 Å². The number of halogens is 1. The zero-order valence-corrected chi connectivity index (χ0v) is 14.8. The fraction of sp³-hybridized carbons (Fsp3) is 0.500. The van der Waals surface area contributed by atoms with Crippen LogP contribution in [0, 0.1) is 0 Å². The Morgan fingerprint density at radius 1 is 1.22 bits per heavy atom. The molecule has 0 radical (unpaired) electrons. The van der Waals surface area contributed by atoms with E-state index in [1.807, 2.05) is 0 Å². The van der Waals surface area contributed by atoms with E-state index in [2.05, 4.69) is 62.2 Å². The molecule has 2 N–H and O–H groups in total. The Kier molecular flexibility index (Phi) is 6.56. The minimum Gasteiger partial charge on any atom is -0.480 e. The van der Waals surface area contributed by atoms with Crippen molar-refractivity contribution < 1.29 is 14.7 Å². The van der Waals surface area contributed by atoms with Gasteiger partial charge in [0.1, 0.15) is 6.54 Å². The molecule has 1 aliphatic rings. The predicted molar refractivity (Wildman–Crippen MR) is 91.2 cm³/mol. The van der Waals surface area contributed by atoms with Gasteiger partial charge >= 0.3 is 5.97 Å². The zero-order chi connectivity index (χ0) is 16.8. The molecule has 1 aliphatic heterocycles. The van der Waals surface area contributed by atoms with Crippen LogP contribution in [-0.4, -0.2) is 66.1 Å². The van der Waals surface area contributed by atoms with Crippen LogP contribution in [0.5, 0.6) is 0 Å². The SMILES string of the molecule is CC(c1ccc(Br)cc1)N1CCN(CC(=O)NCC(=O)O)CC1. The first kappa shape index (κ1) is 17.9. The van der Waals surface area contributed by atoms with Crippen LogP contribution in [0.15, 0.2) is 28.7 Å². The molecular weight excluding hydrogens is 362 g/mol. The molecule has 7 heteroatoms. The van der Waals surface area contributed by atoms with Crippen LogP contribution >= 0.6 is 15.9 Å². The van der Waals surface area contributed by atoms with E-state index in [9.17, 15) is 9.59 Å². The molecule has 1 unspecified atom stereocenters. The van der Waals surface area contributed by atoms with Crippen molar-refractivity contribution >= 4 is 27.8 Å². The minimum absolute atomic E-state index is 0.234. The highest BCUT2D eigenvalue weighted by molar-refractivity contribution is 9.10. The van der Waals surface area contributed by atoms with Crippen LogP contribution in [-0.2, 0) is 9.59 Å². The van der Waals surface area contributed by atoms with Crippen molar-refractivity contribution in [2.75, 3.05) is 39.3 Å². The number of carbonyl (C=O) groups excluding carboxylic acids is 1. The summed E-state index contributed by atoms with van der Waals surface area (Å²) < 4.78 is 1.07. The summed E-state index contributed by atoms with van der Waals surface area (Å²) in [6.45, 7) is 5.53. The zero-order valence-electron chi connectivity index (χ0n) is 13.2. The highest BCUT2D eigenvalue weighted by atomic mass is 79.9. The Balaban J connectivity index is 1.78. The van der Waals surface area contributed by atoms with Crippen LogP contribution < -0.4 is 5.32 Å². The third-order valence-electron chi connectivity index (χ3n) is 4.11. The fourth-order valence-electron chi connectivity index (χ4n) is 2.69. The van der Waals surface area contributed by atoms with Crippen molar-refractivity contribution in [2.45, 2.75) is 13.0 Å². The van der Waals surface area contributed by atoms with Gasteiger partial charge in [0.2, 0.25) is 5.91 Å². The molecule has 1 saturated heterocycles. The van der Waals surface area contributed by atoms with Gasteiger partial charge in [0.05, 0.1) is 6.54 Å². The maximum Gasteiger partial charge on any atom is 0.322 e. The highest BCUT2D eigenvalue weighted by Gasteiger charge is 2.23. The van der Waals surface area contributed by atoms with E-state index in [-0.39, 0.29) is 19.0 Å². The number of carboxylic acids is 1. The highest BCUT2D eigenvalue weighted by Crippen LogP contribution is 2.23. The van der Waals surface area contributed by atoms with Gasteiger partial charge in [-0.1, -0.05) is 28.1 Å². The predicted octanol–water partition coefficient (Wildman–Crippen LogP) is 1.33. The topological polar surface area (TPSA) is 72.9 Å². The molecule has 1 fully saturated rings. The number of benzene rings is 1. The normalized spacial score (nSPS) is 17.7. The van der Waals surface area contributed by atoms with E-state index in [1.165, 1.54) is 5.56 Å². The average Bonchev–Trinajstić information content (AvgIpc) is 2.54. The first-order valence-electron chi connectivity index (χ1n) is 7.66. The summed E-state index contributed by atoms with van der Waals surface area (Å²) in [6, 6.07) is 8.69. The summed E-state index contributed by atoms with van der Waals surface area (Å²) in [6.07, 6.45) is 0. The molecule has 6 nitrogen and oxygen atoms in total. The van der Waals surface area contributed by atoms with Gasteiger partial charge in [-0.3, -0.25) is 19.4 Å². The summed E-state index contributed by atoms with van der Waals surface area (Å²) in [7, 11) is 0. The van der Waals surface area contributed by atoms with E-state index >= 15 is 0 Å². The summed E-state index contributed by atoms with van der Waals surface area (Å²) >= 11 is 3.45. The standard InChI is InChI=1S/C16H22BrN3O3/c1-12(13-2-4-14(17)5-3-13)20-8-6-19(7-9-20)11-15(21)18-10-16(22)23/h2-5,12H,6-11H2,1H3,(H,18,21)(H,22,23). The Morgan fingerprint density at radius 2 is 1.83 bits per heavy atom. The Labute approximate surface area is 144 Å². The Bertz CT molecular complexity index is 542. The van der Waals surface area contributed by atoms with Crippen LogP contribution in [0.2, 0.25) is 0 Å². The number of nitrogens with one attached hydrogen (secondary N) is 1. The van der Waals surface area contributed by atoms with Crippen LogP contribution in [0.4, 0.5) is 0 Å². The second-order valence-corrected chi connectivity index (χ2v) is 6.63. The summed E-state index contributed by atoms with van der Waals surface area (Å²) in [5.41, 5.74) is 1.28. The first-order chi connectivity index (χ1) is 11.0. The molecule has 1 aromatic rings. The molecule has 0 aromatic heterocycles. The van der Waals surface area contributed by atoms with Crippen molar-refractivity contribution in [1.29, 1.82) is 0 Å². The van der Waals surface area contributed by atoms with Gasteiger partial charge in [0, 0.05) is 36.7 Å². The lowest BCUT2D eigenvalue weighted by atomic mass is 10.1. The van der Waals surface area contributed by atoms with E-state index in [0.29, 0.717) is 6.04 Å². The molecule has 1 aromatic carbocycles. The van der Waals surface area contributed by atoms with Gasteiger partial charge in [0.15, 0.2) is 0 Å². The monoisotopic (exact) mass is 383 g/mol. The van der Waals surface area contributed by atoms with Crippen LogP contribution in [0.1, 0.15) is 18.5 Å². The fourth-order valence-corrected chi connectivity index (χ4v) is 2.96. The van der Waals surface area contributed by atoms with Gasteiger partial charge in [-0.05, 0) is 24.6 Å². The molecule has 1 atom stereocenters. The third-order valence-corrected chi connectivity index (χ3v) is 4.64. The van der Waals surface area contributed by atoms with E-state index in [4.69, 9.17) is 5.11 Å². The molecular formula is C16H22BrN3O3. The van der Waals surface area contributed by atoms with Gasteiger partial charge in [-0.25, -0.2) is 0 Å². The van der Waals surface area contributed by atoms with E-state index in [1.54, 1.807) is 0 Å². The number of piperazine rings is 1. The lowest BCUT2D eigenvalue weighted by Crippen LogP contribution is -2.50. The largest absolute Gasteiger partial charge is 0.480 e. The Hall–Kier alpha value is -1.44. The number of nitrogens with zero attached hydrogens (tertiary/aromatic N) is 2. The molecule has 1 amide bonds. The lowest BCUT2D eigenvalue weighted by molar-refractivity contribution is -0.138. The van der Waals surface area contributed by atoms with E-state index in [0.717, 1.165) is 30.7 Å². The summed E-state index contributed by atoms with van der Waals surface area (Å²) in [5.74, 6) is -1.26. The second kappa shape index (κ2) is 8.42. The molecule has 126 valence electrons. The lowest BCUT2D eigenvalue weighted by Gasteiger charge is -2.38. The second-order valence-electron chi connectivity index (χ2n) is 5.71.